The molecule has 0 saturated heterocycles. The van der Waals surface area contributed by atoms with Gasteiger partial charge in [0.15, 0.2) is 0 Å². The average molecular weight is 278 g/mol. The molecule has 0 aromatic carbocycles. The van der Waals surface area contributed by atoms with E-state index in [4.69, 9.17) is 4.74 Å². The van der Waals surface area contributed by atoms with Crippen molar-refractivity contribution in [2.24, 2.45) is 0 Å². The van der Waals surface area contributed by atoms with Gasteiger partial charge in [-0.25, -0.2) is 9.97 Å². The standard InChI is InChI=1S/C11H14N6OS/c1-7(2)18-10-15-9(12-3)16-11(17-10)19-8-4-5-13-6-14-8/h4-7H,1-3H3,(H,12,15,16,17). The van der Waals surface area contributed by atoms with Gasteiger partial charge in [-0.15, -0.1) is 0 Å². The van der Waals surface area contributed by atoms with E-state index in [1.165, 1.54) is 18.1 Å². The van der Waals surface area contributed by atoms with E-state index in [1.54, 1.807) is 19.3 Å². The first-order valence-electron chi connectivity index (χ1n) is 5.71. The first kappa shape index (κ1) is 13.5. The first-order valence-corrected chi connectivity index (χ1v) is 6.53. The van der Waals surface area contributed by atoms with E-state index < -0.39 is 0 Å². The summed E-state index contributed by atoms with van der Waals surface area (Å²) in [6, 6.07) is 2.09. The molecule has 0 radical (unpaired) electrons. The number of aromatic nitrogens is 5. The second kappa shape index (κ2) is 6.28. The molecule has 2 aromatic rings. The van der Waals surface area contributed by atoms with Gasteiger partial charge in [0.25, 0.3) is 0 Å². The molecule has 100 valence electrons. The van der Waals surface area contributed by atoms with Crippen LogP contribution >= 0.6 is 11.8 Å². The van der Waals surface area contributed by atoms with Crippen LogP contribution in [0.2, 0.25) is 0 Å². The summed E-state index contributed by atoms with van der Waals surface area (Å²) < 4.78 is 5.49. The van der Waals surface area contributed by atoms with Gasteiger partial charge in [0.05, 0.1) is 6.10 Å². The Morgan fingerprint density at radius 2 is 2.11 bits per heavy atom. The van der Waals surface area contributed by atoms with E-state index in [1.807, 2.05) is 13.8 Å². The van der Waals surface area contributed by atoms with Gasteiger partial charge in [0.1, 0.15) is 11.4 Å². The van der Waals surface area contributed by atoms with Crippen LogP contribution in [-0.2, 0) is 0 Å². The van der Waals surface area contributed by atoms with Crippen LogP contribution in [-0.4, -0.2) is 38.1 Å². The smallest absolute Gasteiger partial charge is 0.322 e. The van der Waals surface area contributed by atoms with E-state index in [2.05, 4.69) is 30.2 Å². The number of rotatable bonds is 5. The van der Waals surface area contributed by atoms with Crippen LogP contribution in [0.15, 0.2) is 28.8 Å². The molecule has 19 heavy (non-hydrogen) atoms. The minimum absolute atomic E-state index is 0.00371. The van der Waals surface area contributed by atoms with Crippen molar-refractivity contribution in [3.05, 3.63) is 18.6 Å². The summed E-state index contributed by atoms with van der Waals surface area (Å²) in [6.45, 7) is 3.83. The average Bonchev–Trinajstić information content (AvgIpc) is 2.38. The highest BCUT2D eigenvalue weighted by Crippen LogP contribution is 2.24. The zero-order chi connectivity index (χ0) is 13.7. The van der Waals surface area contributed by atoms with Crippen molar-refractivity contribution in [3.63, 3.8) is 0 Å². The Kier molecular flexibility index (Phi) is 4.45. The van der Waals surface area contributed by atoms with Gasteiger partial charge in [-0.3, -0.25) is 0 Å². The molecule has 2 rings (SSSR count). The summed E-state index contributed by atoms with van der Waals surface area (Å²) in [4.78, 5) is 20.6. The van der Waals surface area contributed by atoms with Gasteiger partial charge in [-0.2, -0.15) is 15.0 Å². The molecule has 8 heteroatoms. The third-order valence-electron chi connectivity index (χ3n) is 1.91. The van der Waals surface area contributed by atoms with Gasteiger partial charge >= 0.3 is 6.01 Å². The topological polar surface area (TPSA) is 85.7 Å². The number of hydrogen-bond donors (Lipinski definition) is 1. The Hall–Kier alpha value is -1.96. The summed E-state index contributed by atoms with van der Waals surface area (Å²) in [6.07, 6.45) is 3.15. The Morgan fingerprint density at radius 1 is 1.26 bits per heavy atom. The summed E-state index contributed by atoms with van der Waals surface area (Å²) in [7, 11) is 1.74. The van der Waals surface area contributed by atoms with Crippen LogP contribution < -0.4 is 10.1 Å². The molecule has 0 aliphatic heterocycles. The minimum Gasteiger partial charge on any atom is -0.461 e. The quantitative estimate of drug-likeness (QED) is 0.826. The molecule has 0 aliphatic carbocycles. The second-order valence-corrected chi connectivity index (χ2v) is 4.78. The van der Waals surface area contributed by atoms with E-state index in [0.717, 1.165) is 5.03 Å². The maximum absolute atomic E-state index is 5.49. The lowest BCUT2D eigenvalue weighted by atomic mass is 10.5. The lowest BCUT2D eigenvalue weighted by molar-refractivity contribution is 0.219. The number of nitrogens with one attached hydrogen (secondary N) is 1. The van der Waals surface area contributed by atoms with Gasteiger partial charge in [0, 0.05) is 13.2 Å². The van der Waals surface area contributed by atoms with Gasteiger partial charge < -0.3 is 10.1 Å². The summed E-state index contributed by atoms with van der Waals surface area (Å²) in [5.41, 5.74) is 0. The number of nitrogens with zero attached hydrogens (tertiary/aromatic N) is 5. The molecule has 0 atom stereocenters. The molecule has 0 saturated carbocycles. The van der Waals surface area contributed by atoms with Crippen molar-refractivity contribution in [3.8, 4) is 6.01 Å². The maximum Gasteiger partial charge on any atom is 0.322 e. The third-order valence-corrected chi connectivity index (χ3v) is 2.73. The zero-order valence-corrected chi connectivity index (χ0v) is 11.7. The molecule has 0 unspecified atom stereocenters. The largest absolute Gasteiger partial charge is 0.461 e. The molecular weight excluding hydrogens is 264 g/mol. The number of ether oxygens (including phenoxy) is 1. The van der Waals surface area contributed by atoms with Crippen LogP contribution in [0.5, 0.6) is 6.01 Å². The highest BCUT2D eigenvalue weighted by Gasteiger charge is 2.10. The SMILES string of the molecule is CNc1nc(OC(C)C)nc(Sc2ccncn2)n1. The zero-order valence-electron chi connectivity index (χ0n) is 10.9. The van der Waals surface area contributed by atoms with Crippen molar-refractivity contribution < 1.29 is 4.74 Å². The van der Waals surface area contributed by atoms with E-state index in [0.29, 0.717) is 17.1 Å². The van der Waals surface area contributed by atoms with Crippen LogP contribution in [0.25, 0.3) is 0 Å². The predicted octanol–water partition coefficient (Wildman–Crippen LogP) is 1.64. The van der Waals surface area contributed by atoms with Crippen molar-refractivity contribution in [2.75, 3.05) is 12.4 Å². The monoisotopic (exact) mass is 278 g/mol. The third kappa shape index (κ3) is 4.02. The number of anilines is 1. The maximum atomic E-state index is 5.49. The Bertz CT molecular complexity index is 536. The normalized spacial score (nSPS) is 10.5. The molecule has 0 bridgehead atoms. The van der Waals surface area contributed by atoms with Gasteiger partial charge in [-0.1, -0.05) is 0 Å². The Labute approximate surface area is 115 Å². The van der Waals surface area contributed by atoms with Crippen LogP contribution in [0.3, 0.4) is 0 Å². The fourth-order valence-electron chi connectivity index (χ4n) is 1.19. The molecule has 7 nitrogen and oxygen atoms in total. The summed E-state index contributed by atoms with van der Waals surface area (Å²) in [5, 5.41) is 4.16. The number of hydrogen-bond acceptors (Lipinski definition) is 8. The molecule has 2 aromatic heterocycles. The predicted molar refractivity (Wildman–Crippen MR) is 71.3 cm³/mol. The van der Waals surface area contributed by atoms with E-state index >= 15 is 0 Å². The second-order valence-electron chi connectivity index (χ2n) is 3.79. The molecule has 2 heterocycles. The van der Waals surface area contributed by atoms with Crippen LogP contribution in [0.4, 0.5) is 5.95 Å². The molecule has 0 amide bonds. The molecule has 0 aliphatic rings. The van der Waals surface area contributed by atoms with E-state index in [9.17, 15) is 0 Å². The lowest BCUT2D eigenvalue weighted by Crippen LogP contribution is -2.11. The molecule has 0 spiro atoms. The van der Waals surface area contributed by atoms with Crippen molar-refractivity contribution in [1.82, 2.24) is 24.9 Å². The van der Waals surface area contributed by atoms with E-state index in [-0.39, 0.29) is 6.10 Å². The fraction of sp³-hybridized carbons (Fsp3) is 0.364. The molecular formula is C11H14N6OS. The highest BCUT2D eigenvalue weighted by molar-refractivity contribution is 7.99. The van der Waals surface area contributed by atoms with Crippen LogP contribution in [0, 0.1) is 0 Å². The molecule has 1 N–H and O–H groups in total. The Balaban J connectivity index is 2.24. The summed E-state index contributed by atoms with van der Waals surface area (Å²) in [5.74, 6) is 0.460. The minimum atomic E-state index is 0.00371. The lowest BCUT2D eigenvalue weighted by Gasteiger charge is -2.09. The van der Waals surface area contributed by atoms with Crippen molar-refractivity contribution in [2.45, 2.75) is 30.1 Å². The van der Waals surface area contributed by atoms with Gasteiger partial charge in [-0.05, 0) is 31.7 Å². The summed E-state index contributed by atoms with van der Waals surface area (Å²) >= 11 is 1.33. The fourth-order valence-corrected chi connectivity index (χ4v) is 1.86. The van der Waals surface area contributed by atoms with Crippen LogP contribution in [0.1, 0.15) is 13.8 Å². The molecule has 0 fully saturated rings. The first-order chi connectivity index (χ1) is 9.17. The van der Waals surface area contributed by atoms with Crippen molar-refractivity contribution >= 4 is 17.7 Å². The van der Waals surface area contributed by atoms with Crippen molar-refractivity contribution in [1.29, 1.82) is 0 Å². The highest BCUT2D eigenvalue weighted by atomic mass is 32.2. The van der Waals surface area contributed by atoms with Gasteiger partial charge in [0.2, 0.25) is 11.1 Å². The Morgan fingerprint density at radius 3 is 2.74 bits per heavy atom.